The van der Waals surface area contributed by atoms with Gasteiger partial charge in [-0.15, -0.1) is 0 Å². The van der Waals surface area contributed by atoms with Crippen molar-refractivity contribution < 1.29 is 13.6 Å². The number of nitrogens with zero attached hydrogens (tertiary/aromatic N) is 1. The third kappa shape index (κ3) is 2.47. The van der Waals surface area contributed by atoms with E-state index in [9.17, 15) is 13.6 Å². The van der Waals surface area contributed by atoms with Crippen LogP contribution in [0.2, 0.25) is 0 Å². The van der Waals surface area contributed by atoms with E-state index in [4.69, 9.17) is 0 Å². The van der Waals surface area contributed by atoms with Gasteiger partial charge in [-0.2, -0.15) is 0 Å². The number of carbonyl (C=O) groups excluding carboxylic acids is 1. The van der Waals surface area contributed by atoms with Crippen LogP contribution in [0.4, 0.5) is 14.5 Å². The molecule has 0 heterocycles. The molecule has 0 aromatic heterocycles. The van der Waals surface area contributed by atoms with Gasteiger partial charge in [-0.3, -0.25) is 4.79 Å². The fourth-order valence-electron chi connectivity index (χ4n) is 2.63. The van der Waals surface area contributed by atoms with E-state index < -0.39 is 17.0 Å². The summed E-state index contributed by atoms with van der Waals surface area (Å²) in [6.07, 6.45) is 2.62. The Morgan fingerprint density at radius 1 is 1.42 bits per heavy atom. The molecule has 1 aromatic rings. The van der Waals surface area contributed by atoms with Crippen molar-refractivity contribution in [3.8, 4) is 0 Å². The fourth-order valence-corrected chi connectivity index (χ4v) is 2.63. The number of halogens is 2. The van der Waals surface area contributed by atoms with Crippen molar-refractivity contribution >= 4 is 11.6 Å². The van der Waals surface area contributed by atoms with E-state index in [-0.39, 0.29) is 11.6 Å². The Kier molecular flexibility index (Phi) is 3.85. The molecule has 1 aliphatic rings. The molecule has 1 N–H and O–H groups in total. The zero-order valence-corrected chi connectivity index (χ0v) is 11.2. The molecule has 0 bridgehead atoms. The fraction of sp³-hybridized carbons (Fsp3) is 0.500. The summed E-state index contributed by atoms with van der Waals surface area (Å²) in [6, 6.07) is 3.26. The summed E-state index contributed by atoms with van der Waals surface area (Å²) >= 11 is 0. The minimum absolute atomic E-state index is 0.112. The second kappa shape index (κ2) is 5.25. The molecule has 0 aliphatic heterocycles. The highest BCUT2D eigenvalue weighted by atomic mass is 19.1. The van der Waals surface area contributed by atoms with Gasteiger partial charge in [0.05, 0.1) is 11.1 Å². The van der Waals surface area contributed by atoms with Gasteiger partial charge >= 0.3 is 0 Å². The molecule has 104 valence electrons. The number of benzene rings is 1. The highest BCUT2D eigenvalue weighted by Crippen LogP contribution is 2.42. The molecule has 0 unspecified atom stereocenters. The summed E-state index contributed by atoms with van der Waals surface area (Å²) in [4.78, 5) is 13.8. The summed E-state index contributed by atoms with van der Waals surface area (Å²) in [6.45, 7) is 0.582. The Labute approximate surface area is 111 Å². The molecule has 19 heavy (non-hydrogen) atoms. The average molecular weight is 268 g/mol. The molecular weight excluding hydrogens is 250 g/mol. The molecule has 5 heteroatoms. The van der Waals surface area contributed by atoms with E-state index in [0.717, 1.165) is 31.4 Å². The van der Waals surface area contributed by atoms with Crippen LogP contribution in [0, 0.1) is 17.0 Å². The minimum Gasteiger partial charge on any atom is -0.319 e. The predicted octanol–water partition coefficient (Wildman–Crippen LogP) is 2.32. The van der Waals surface area contributed by atoms with Crippen LogP contribution in [-0.4, -0.2) is 26.5 Å². The van der Waals surface area contributed by atoms with Crippen LogP contribution in [0.15, 0.2) is 18.2 Å². The first-order valence-corrected chi connectivity index (χ1v) is 6.38. The van der Waals surface area contributed by atoms with Crippen LogP contribution < -0.4 is 10.2 Å². The largest absolute Gasteiger partial charge is 0.319 e. The Balaban J connectivity index is 2.23. The topological polar surface area (TPSA) is 32.3 Å². The molecular formula is C14H18F2N2O. The highest BCUT2D eigenvalue weighted by Gasteiger charge is 2.45. The summed E-state index contributed by atoms with van der Waals surface area (Å²) in [5, 5.41) is 3.02. The van der Waals surface area contributed by atoms with E-state index in [1.807, 2.05) is 0 Å². The van der Waals surface area contributed by atoms with E-state index in [1.54, 1.807) is 7.05 Å². The molecule has 1 fully saturated rings. The maximum atomic E-state index is 13.7. The first kappa shape index (κ1) is 13.9. The highest BCUT2D eigenvalue weighted by molar-refractivity contribution is 5.98. The molecule has 1 aliphatic carbocycles. The molecule has 1 amide bonds. The Morgan fingerprint density at radius 3 is 2.58 bits per heavy atom. The predicted molar refractivity (Wildman–Crippen MR) is 70.0 cm³/mol. The van der Waals surface area contributed by atoms with E-state index >= 15 is 0 Å². The summed E-state index contributed by atoms with van der Waals surface area (Å²) in [5.74, 6) is -1.47. The molecule has 1 saturated carbocycles. The first-order chi connectivity index (χ1) is 9.00. The summed E-state index contributed by atoms with van der Waals surface area (Å²) < 4.78 is 26.6. The molecule has 2 rings (SSSR count). The van der Waals surface area contributed by atoms with Gasteiger partial charge in [-0.25, -0.2) is 8.78 Å². The molecule has 0 atom stereocenters. The molecule has 0 saturated heterocycles. The van der Waals surface area contributed by atoms with Gasteiger partial charge in [0, 0.05) is 19.7 Å². The second-order valence-electron chi connectivity index (χ2n) is 5.12. The van der Waals surface area contributed by atoms with Gasteiger partial charge in [-0.05, 0) is 32.0 Å². The number of hydrogen-bond acceptors (Lipinski definition) is 2. The van der Waals surface area contributed by atoms with Crippen LogP contribution in [0.1, 0.15) is 19.3 Å². The maximum absolute atomic E-state index is 13.7. The van der Waals surface area contributed by atoms with Crippen LogP contribution in [0.25, 0.3) is 0 Å². The third-order valence-electron chi connectivity index (χ3n) is 3.86. The standard InChI is InChI=1S/C14H18F2N2O/c1-17-9-14(6-3-7-14)13(19)18(2)12-5-4-10(15)8-11(12)16/h4-5,8,17H,3,6-7,9H2,1-2H3. The van der Waals surface area contributed by atoms with Crippen LogP contribution >= 0.6 is 0 Å². The smallest absolute Gasteiger partial charge is 0.234 e. The lowest BCUT2D eigenvalue weighted by atomic mass is 9.67. The normalized spacial score (nSPS) is 16.8. The Morgan fingerprint density at radius 2 is 2.11 bits per heavy atom. The summed E-state index contributed by atoms with van der Waals surface area (Å²) in [7, 11) is 3.33. The number of carbonyl (C=O) groups is 1. The number of hydrogen-bond donors (Lipinski definition) is 1. The molecule has 0 radical (unpaired) electrons. The first-order valence-electron chi connectivity index (χ1n) is 6.38. The van der Waals surface area contributed by atoms with Gasteiger partial charge < -0.3 is 10.2 Å². The number of amides is 1. The Bertz CT molecular complexity index is 486. The van der Waals surface area contributed by atoms with Crippen molar-refractivity contribution in [2.45, 2.75) is 19.3 Å². The van der Waals surface area contributed by atoms with Gasteiger partial charge in [0.25, 0.3) is 0 Å². The van der Waals surface area contributed by atoms with Crippen LogP contribution in [-0.2, 0) is 4.79 Å². The van der Waals surface area contributed by atoms with E-state index in [1.165, 1.54) is 18.0 Å². The SMILES string of the molecule is CNCC1(C(=O)N(C)c2ccc(F)cc2F)CCC1. The van der Waals surface area contributed by atoms with Gasteiger partial charge in [0.2, 0.25) is 5.91 Å². The molecule has 3 nitrogen and oxygen atoms in total. The zero-order chi connectivity index (χ0) is 14.0. The third-order valence-corrected chi connectivity index (χ3v) is 3.86. The van der Waals surface area contributed by atoms with Crippen LogP contribution in [0.3, 0.4) is 0 Å². The average Bonchev–Trinajstić information content (AvgIpc) is 2.32. The van der Waals surface area contributed by atoms with Crippen molar-refractivity contribution in [3.63, 3.8) is 0 Å². The van der Waals surface area contributed by atoms with Gasteiger partial charge in [0.15, 0.2) is 0 Å². The Hall–Kier alpha value is -1.49. The lowest BCUT2D eigenvalue weighted by Gasteiger charge is -2.42. The van der Waals surface area contributed by atoms with Crippen molar-refractivity contribution in [1.82, 2.24) is 5.32 Å². The molecule has 0 spiro atoms. The number of rotatable bonds is 4. The lowest BCUT2D eigenvalue weighted by molar-refractivity contribution is -0.132. The number of anilines is 1. The molecule has 1 aromatic carbocycles. The van der Waals surface area contributed by atoms with Crippen molar-refractivity contribution in [3.05, 3.63) is 29.8 Å². The van der Waals surface area contributed by atoms with Crippen molar-refractivity contribution in [2.75, 3.05) is 25.5 Å². The van der Waals surface area contributed by atoms with E-state index in [0.29, 0.717) is 6.54 Å². The van der Waals surface area contributed by atoms with Crippen molar-refractivity contribution in [2.24, 2.45) is 5.41 Å². The second-order valence-corrected chi connectivity index (χ2v) is 5.12. The maximum Gasteiger partial charge on any atom is 0.234 e. The summed E-state index contributed by atoms with van der Waals surface area (Å²) in [5.41, 5.74) is -0.321. The number of nitrogens with one attached hydrogen (secondary N) is 1. The van der Waals surface area contributed by atoms with Crippen molar-refractivity contribution in [1.29, 1.82) is 0 Å². The monoisotopic (exact) mass is 268 g/mol. The van der Waals surface area contributed by atoms with Crippen LogP contribution in [0.5, 0.6) is 0 Å². The quantitative estimate of drug-likeness (QED) is 0.909. The van der Waals surface area contributed by atoms with Gasteiger partial charge in [0.1, 0.15) is 11.6 Å². The lowest BCUT2D eigenvalue weighted by Crippen LogP contribution is -2.51. The van der Waals surface area contributed by atoms with E-state index in [2.05, 4.69) is 5.32 Å². The minimum atomic E-state index is -0.713. The van der Waals surface area contributed by atoms with Gasteiger partial charge in [-0.1, -0.05) is 6.42 Å². The zero-order valence-electron chi connectivity index (χ0n) is 11.2.